The van der Waals surface area contributed by atoms with E-state index in [1.807, 2.05) is 12.1 Å². The van der Waals surface area contributed by atoms with Crippen molar-refractivity contribution in [3.63, 3.8) is 0 Å². The van der Waals surface area contributed by atoms with Gasteiger partial charge in [0.15, 0.2) is 24.1 Å². The molecule has 1 aromatic heterocycles. The van der Waals surface area contributed by atoms with E-state index in [9.17, 15) is 8.42 Å². The molecule has 0 amide bonds. The van der Waals surface area contributed by atoms with Crippen molar-refractivity contribution in [3.05, 3.63) is 72.8 Å². The maximum Gasteiger partial charge on any atom is 0.187 e. The Bertz CT molecular complexity index is 1120. The summed E-state index contributed by atoms with van der Waals surface area (Å²) in [6.45, 7) is -0.117. The molecule has 1 heterocycles. The smallest absolute Gasteiger partial charge is 0.187 e. The molecule has 0 unspecified atom stereocenters. The Kier molecular flexibility index (Phi) is 4.53. The molecule has 4 aromatic rings. The third kappa shape index (κ3) is 2.92. The Hall–Kier alpha value is -2.21. The number of hydrogen-bond acceptors (Lipinski definition) is 3. The molecule has 0 bridgehead atoms. The summed E-state index contributed by atoms with van der Waals surface area (Å²) in [7, 11) is -3.56. The van der Waals surface area contributed by atoms with Gasteiger partial charge in [-0.15, -0.1) is 0 Å². The van der Waals surface area contributed by atoms with Crippen LogP contribution in [0.15, 0.2) is 77.7 Å². The van der Waals surface area contributed by atoms with Gasteiger partial charge in [0, 0.05) is 27.8 Å². The van der Waals surface area contributed by atoms with E-state index in [4.69, 9.17) is 5.11 Å². The van der Waals surface area contributed by atoms with Gasteiger partial charge in [-0.05, 0) is 55.0 Å². The molecule has 0 aliphatic heterocycles. The van der Waals surface area contributed by atoms with Crippen molar-refractivity contribution in [2.24, 2.45) is 0 Å². The SMILES string of the molecule is O=S(=O)(CCCO)c1ccc(-[s+]2c3ccccc3c3ccccc32)cc1. The zero-order chi connectivity index (χ0) is 18.1. The number of rotatable bonds is 5. The molecule has 0 saturated heterocycles. The van der Waals surface area contributed by atoms with Crippen molar-refractivity contribution >= 4 is 40.5 Å². The highest BCUT2D eigenvalue weighted by atomic mass is 32.2. The number of thiophene rings is 1. The highest BCUT2D eigenvalue weighted by Gasteiger charge is 2.23. The average molecular weight is 384 g/mol. The van der Waals surface area contributed by atoms with Crippen LogP contribution in [-0.2, 0) is 9.84 Å². The van der Waals surface area contributed by atoms with Gasteiger partial charge in [-0.3, -0.25) is 0 Å². The summed E-state index contributed by atoms with van der Waals surface area (Å²) in [5, 5.41) is 11.4. The highest BCUT2D eigenvalue weighted by molar-refractivity contribution is 7.91. The van der Waals surface area contributed by atoms with E-state index >= 15 is 0 Å². The van der Waals surface area contributed by atoms with Crippen LogP contribution in [0.3, 0.4) is 0 Å². The standard InChI is InChI=1S/C21H19O3S2/c22-14-5-15-26(23,24)17-12-10-16(11-13-17)25-20-8-3-1-6-18(20)19-7-2-4-9-21(19)25/h1-4,6-13,22H,5,14-15H2/q+1. The molecule has 0 aliphatic carbocycles. The van der Waals surface area contributed by atoms with E-state index in [1.165, 1.54) is 20.2 Å². The summed E-state index contributed by atoms with van der Waals surface area (Å²) in [5.74, 6) is -0.0276. The lowest BCUT2D eigenvalue weighted by molar-refractivity contribution is 0.295. The molecule has 3 nitrogen and oxygen atoms in total. The normalized spacial score (nSPS) is 12.0. The number of hydrogen-bond donors (Lipinski definition) is 1. The second-order valence-electron chi connectivity index (χ2n) is 6.17. The van der Waals surface area contributed by atoms with E-state index in [0.29, 0.717) is 4.90 Å². The van der Waals surface area contributed by atoms with E-state index in [1.54, 1.807) is 12.1 Å². The number of aliphatic hydroxyl groups is 1. The summed E-state index contributed by atoms with van der Waals surface area (Å²) >= 11 is 0. The molecular weight excluding hydrogens is 364 g/mol. The molecule has 26 heavy (non-hydrogen) atoms. The predicted octanol–water partition coefficient (Wildman–Crippen LogP) is 4.89. The van der Waals surface area contributed by atoms with E-state index < -0.39 is 9.84 Å². The van der Waals surface area contributed by atoms with Gasteiger partial charge in [0.1, 0.15) is 0 Å². The molecule has 1 N–H and O–H groups in total. The fourth-order valence-electron chi connectivity index (χ4n) is 3.26. The Morgan fingerprint density at radius 3 is 1.85 bits per heavy atom. The Balaban J connectivity index is 1.86. The first-order valence-corrected chi connectivity index (χ1v) is 11.4. The van der Waals surface area contributed by atoms with Crippen LogP contribution in [0.5, 0.6) is 0 Å². The predicted molar refractivity (Wildman–Crippen MR) is 109 cm³/mol. The summed E-state index contributed by atoms with van der Waals surface area (Å²) in [6.07, 6.45) is 0.259. The van der Waals surface area contributed by atoms with Gasteiger partial charge in [-0.1, -0.05) is 24.3 Å². The Labute approximate surface area is 155 Å². The number of aliphatic hydroxyl groups excluding tert-OH is 1. The molecule has 0 fully saturated rings. The minimum atomic E-state index is -3.34. The molecule has 0 atom stereocenters. The first-order chi connectivity index (χ1) is 12.6. The molecule has 5 heteroatoms. The van der Waals surface area contributed by atoms with Gasteiger partial charge < -0.3 is 5.11 Å². The zero-order valence-electron chi connectivity index (χ0n) is 14.1. The average Bonchev–Trinajstić information content (AvgIpc) is 3.01. The molecule has 132 valence electrons. The van der Waals surface area contributed by atoms with Crippen LogP contribution in [0.4, 0.5) is 0 Å². The molecule has 0 aliphatic rings. The van der Waals surface area contributed by atoms with Crippen molar-refractivity contribution in [2.45, 2.75) is 11.3 Å². The van der Waals surface area contributed by atoms with Crippen LogP contribution in [-0.4, -0.2) is 25.9 Å². The number of sulfone groups is 1. The Morgan fingerprint density at radius 2 is 1.31 bits per heavy atom. The monoisotopic (exact) mass is 383 g/mol. The summed E-state index contributed by atoms with van der Waals surface area (Å²) in [6, 6.07) is 24.1. The minimum Gasteiger partial charge on any atom is -0.396 e. The van der Waals surface area contributed by atoms with Crippen molar-refractivity contribution in [1.82, 2.24) is 0 Å². The van der Waals surface area contributed by atoms with Crippen molar-refractivity contribution in [1.29, 1.82) is 0 Å². The van der Waals surface area contributed by atoms with Gasteiger partial charge in [0.05, 0.1) is 10.6 Å². The van der Waals surface area contributed by atoms with Gasteiger partial charge in [0.2, 0.25) is 0 Å². The molecule has 0 saturated carbocycles. The summed E-state index contributed by atoms with van der Waals surface area (Å²) < 4.78 is 27.2. The van der Waals surface area contributed by atoms with Gasteiger partial charge >= 0.3 is 0 Å². The maximum absolute atomic E-state index is 12.3. The molecule has 3 aromatic carbocycles. The first kappa shape index (κ1) is 17.2. The fourth-order valence-corrected chi connectivity index (χ4v) is 6.94. The van der Waals surface area contributed by atoms with E-state index in [-0.39, 0.29) is 29.3 Å². The van der Waals surface area contributed by atoms with Gasteiger partial charge in [0.25, 0.3) is 0 Å². The van der Waals surface area contributed by atoms with Crippen LogP contribution < -0.4 is 0 Å². The van der Waals surface area contributed by atoms with Crippen LogP contribution in [0.2, 0.25) is 0 Å². The van der Waals surface area contributed by atoms with Crippen LogP contribution in [0, 0.1) is 0 Å². The fraction of sp³-hybridized carbons (Fsp3) is 0.143. The lowest BCUT2D eigenvalue weighted by Crippen LogP contribution is -2.07. The van der Waals surface area contributed by atoms with E-state index in [0.717, 1.165) is 4.90 Å². The lowest BCUT2D eigenvalue weighted by atomic mass is 10.2. The largest absolute Gasteiger partial charge is 0.396 e. The molecule has 0 spiro atoms. The second-order valence-corrected chi connectivity index (χ2v) is 10.2. The number of benzene rings is 3. The Morgan fingerprint density at radius 1 is 0.769 bits per heavy atom. The molecular formula is C21H19O3S2+. The zero-order valence-corrected chi connectivity index (χ0v) is 15.8. The second kappa shape index (κ2) is 6.83. The minimum absolute atomic E-state index is 0.0276. The van der Waals surface area contributed by atoms with E-state index in [2.05, 4.69) is 48.5 Å². The van der Waals surface area contributed by atoms with Crippen molar-refractivity contribution < 1.29 is 13.5 Å². The third-order valence-electron chi connectivity index (χ3n) is 4.49. The van der Waals surface area contributed by atoms with Gasteiger partial charge in [-0.2, -0.15) is 0 Å². The summed E-state index contributed by atoms with van der Waals surface area (Å²) in [5.41, 5.74) is 0. The third-order valence-corrected chi connectivity index (χ3v) is 8.65. The molecule has 0 radical (unpaired) electrons. The highest BCUT2D eigenvalue weighted by Crippen LogP contribution is 2.48. The first-order valence-electron chi connectivity index (χ1n) is 8.48. The van der Waals surface area contributed by atoms with Crippen molar-refractivity contribution in [3.8, 4) is 4.90 Å². The maximum atomic E-state index is 12.3. The quantitative estimate of drug-likeness (QED) is 0.499. The molecule has 4 rings (SSSR count). The summed E-state index contributed by atoms with van der Waals surface area (Å²) in [4.78, 5) is 1.43. The number of fused-ring (bicyclic) bond motifs is 3. The van der Waals surface area contributed by atoms with Crippen LogP contribution in [0.1, 0.15) is 6.42 Å². The van der Waals surface area contributed by atoms with Gasteiger partial charge in [-0.25, -0.2) is 8.42 Å². The van der Waals surface area contributed by atoms with Crippen molar-refractivity contribution in [2.75, 3.05) is 12.4 Å². The topological polar surface area (TPSA) is 54.4 Å². The lowest BCUT2D eigenvalue weighted by Gasteiger charge is -2.03. The van der Waals surface area contributed by atoms with Crippen LogP contribution in [0.25, 0.3) is 25.1 Å². The van der Waals surface area contributed by atoms with Crippen LogP contribution >= 0.6 is 10.5 Å².